The van der Waals surface area contributed by atoms with Gasteiger partial charge in [0.25, 0.3) is 5.56 Å². The highest BCUT2D eigenvalue weighted by Gasteiger charge is 2.21. The van der Waals surface area contributed by atoms with E-state index in [1.165, 1.54) is 9.47 Å². The molecule has 0 aromatic carbocycles. The number of carbonyl (C=O) groups excluding carboxylic acids is 1. The third-order valence-electron chi connectivity index (χ3n) is 5.15. The maximum Gasteiger partial charge on any atom is 0.330 e. The Kier molecular flexibility index (Phi) is 9.21. The van der Waals surface area contributed by atoms with Gasteiger partial charge >= 0.3 is 5.69 Å². The topological polar surface area (TPSA) is 141 Å². The number of H-pyrrole nitrogens is 1. The highest BCUT2D eigenvalue weighted by molar-refractivity contribution is 5.77. The van der Waals surface area contributed by atoms with Gasteiger partial charge in [-0.25, -0.2) is 9.78 Å². The van der Waals surface area contributed by atoms with Crippen LogP contribution in [0, 0.1) is 28.6 Å². The summed E-state index contributed by atoms with van der Waals surface area (Å²) in [4.78, 5) is 46.4. The minimum Gasteiger partial charge on any atom is -0.341 e. The largest absolute Gasteiger partial charge is 0.341 e. The standard InChI is InChI=1S/C22H31N7O3/c1-4-5-14-28-20-19(21(31)26-22(28)32)29(15-16(2)3)17(25-20)8-9-18(30)27(12-6-10-23)13-7-11-24/h16H,4-9,12-15H2,1-3H3,(H,26,31,32). The summed E-state index contributed by atoms with van der Waals surface area (Å²) in [5.74, 6) is 0.625. The van der Waals surface area contributed by atoms with E-state index < -0.39 is 11.2 Å². The first-order valence-corrected chi connectivity index (χ1v) is 11.1. The molecule has 0 bridgehead atoms. The summed E-state index contributed by atoms with van der Waals surface area (Å²) < 4.78 is 3.30. The van der Waals surface area contributed by atoms with Crippen LogP contribution in [-0.4, -0.2) is 43.0 Å². The van der Waals surface area contributed by atoms with Gasteiger partial charge in [0.1, 0.15) is 5.82 Å². The van der Waals surface area contributed by atoms with E-state index in [1.807, 2.05) is 37.5 Å². The van der Waals surface area contributed by atoms with Gasteiger partial charge in [-0.3, -0.25) is 19.1 Å². The van der Waals surface area contributed by atoms with E-state index in [9.17, 15) is 14.4 Å². The Bertz CT molecular complexity index is 1110. The molecule has 0 saturated heterocycles. The van der Waals surface area contributed by atoms with Crippen LogP contribution in [0.25, 0.3) is 11.2 Å². The number of nitriles is 2. The van der Waals surface area contributed by atoms with E-state index in [0.29, 0.717) is 30.1 Å². The second kappa shape index (κ2) is 11.8. The fourth-order valence-electron chi connectivity index (χ4n) is 3.60. The fourth-order valence-corrected chi connectivity index (χ4v) is 3.60. The molecule has 1 N–H and O–H groups in total. The smallest absolute Gasteiger partial charge is 0.330 e. The predicted octanol–water partition coefficient (Wildman–Crippen LogP) is 1.93. The molecule has 2 heterocycles. The summed E-state index contributed by atoms with van der Waals surface area (Å²) in [6.45, 7) is 7.59. The molecule has 32 heavy (non-hydrogen) atoms. The quantitative estimate of drug-likeness (QED) is 0.533. The molecule has 10 nitrogen and oxygen atoms in total. The van der Waals surface area contributed by atoms with Crippen molar-refractivity contribution < 1.29 is 4.79 Å². The molecule has 0 aliphatic heterocycles. The van der Waals surface area contributed by atoms with Crippen molar-refractivity contribution in [2.45, 2.75) is 72.4 Å². The van der Waals surface area contributed by atoms with E-state index in [0.717, 1.165) is 12.8 Å². The molecule has 0 atom stereocenters. The molecular weight excluding hydrogens is 410 g/mol. The first kappa shape index (κ1) is 24.9. The van der Waals surface area contributed by atoms with E-state index in [1.54, 1.807) is 0 Å². The zero-order valence-corrected chi connectivity index (χ0v) is 19.1. The SMILES string of the molecule is CCCCn1c(=O)[nH]c(=O)c2c1nc(CCC(=O)N(CCC#N)CCC#N)n2CC(C)C. The molecule has 172 valence electrons. The summed E-state index contributed by atoms with van der Waals surface area (Å²) in [6, 6.07) is 4.04. The summed E-state index contributed by atoms with van der Waals surface area (Å²) >= 11 is 0. The van der Waals surface area contributed by atoms with E-state index in [-0.39, 0.29) is 50.6 Å². The van der Waals surface area contributed by atoms with Crippen molar-refractivity contribution in [2.24, 2.45) is 5.92 Å². The number of rotatable bonds is 12. The molecule has 1 amide bonds. The van der Waals surface area contributed by atoms with Crippen molar-refractivity contribution in [2.75, 3.05) is 13.1 Å². The van der Waals surface area contributed by atoms with Gasteiger partial charge in [0.2, 0.25) is 5.91 Å². The number of aromatic amines is 1. The van der Waals surface area contributed by atoms with Gasteiger partial charge in [0.15, 0.2) is 11.2 Å². The number of aromatic nitrogens is 4. The molecule has 10 heteroatoms. The van der Waals surface area contributed by atoms with Gasteiger partial charge in [0, 0.05) is 39.0 Å². The minimum absolute atomic E-state index is 0.134. The number of unbranched alkanes of at least 4 members (excludes halogenated alkanes) is 1. The van der Waals surface area contributed by atoms with Crippen LogP contribution >= 0.6 is 0 Å². The molecule has 0 saturated carbocycles. The van der Waals surface area contributed by atoms with Crippen molar-refractivity contribution >= 4 is 17.1 Å². The number of imidazole rings is 1. The van der Waals surface area contributed by atoms with Gasteiger partial charge in [-0.1, -0.05) is 27.2 Å². The third-order valence-corrected chi connectivity index (χ3v) is 5.15. The third kappa shape index (κ3) is 6.07. The predicted molar refractivity (Wildman–Crippen MR) is 120 cm³/mol. The average molecular weight is 442 g/mol. The van der Waals surface area contributed by atoms with Crippen LogP contribution in [0.2, 0.25) is 0 Å². The lowest BCUT2D eigenvalue weighted by Crippen LogP contribution is -2.33. The molecule has 0 spiro atoms. The second-order valence-electron chi connectivity index (χ2n) is 8.17. The Balaban J connectivity index is 2.41. The maximum atomic E-state index is 12.8. The van der Waals surface area contributed by atoms with E-state index in [4.69, 9.17) is 10.5 Å². The molecular formula is C22H31N7O3. The van der Waals surface area contributed by atoms with Crippen molar-refractivity contribution in [3.8, 4) is 12.1 Å². The van der Waals surface area contributed by atoms with E-state index in [2.05, 4.69) is 9.97 Å². The van der Waals surface area contributed by atoms with Crippen LogP contribution < -0.4 is 11.2 Å². The van der Waals surface area contributed by atoms with Crippen LogP contribution in [0.3, 0.4) is 0 Å². The molecule has 2 aromatic rings. The monoisotopic (exact) mass is 441 g/mol. The van der Waals surface area contributed by atoms with Crippen molar-refractivity contribution in [1.29, 1.82) is 10.5 Å². The maximum absolute atomic E-state index is 12.8. The average Bonchev–Trinajstić information content (AvgIpc) is 3.09. The van der Waals surface area contributed by atoms with Crippen molar-refractivity contribution in [1.82, 2.24) is 24.0 Å². The zero-order valence-electron chi connectivity index (χ0n) is 19.1. The molecule has 0 fully saturated rings. The summed E-state index contributed by atoms with van der Waals surface area (Å²) in [7, 11) is 0. The van der Waals surface area contributed by atoms with Gasteiger partial charge < -0.3 is 9.47 Å². The molecule has 2 aromatic heterocycles. The highest BCUT2D eigenvalue weighted by atomic mass is 16.2. The van der Waals surface area contributed by atoms with Crippen molar-refractivity contribution in [3.05, 3.63) is 26.7 Å². The lowest BCUT2D eigenvalue weighted by atomic mass is 10.2. The van der Waals surface area contributed by atoms with E-state index >= 15 is 0 Å². The zero-order chi connectivity index (χ0) is 23.7. The Morgan fingerprint density at radius 3 is 2.38 bits per heavy atom. The number of hydrogen-bond acceptors (Lipinski definition) is 6. The van der Waals surface area contributed by atoms with Gasteiger partial charge in [0.05, 0.1) is 25.0 Å². The number of nitrogens with zero attached hydrogens (tertiary/aromatic N) is 6. The van der Waals surface area contributed by atoms with Crippen molar-refractivity contribution in [3.63, 3.8) is 0 Å². The normalized spacial score (nSPS) is 10.9. The van der Waals surface area contributed by atoms with Crippen LogP contribution in [0.4, 0.5) is 0 Å². The first-order chi connectivity index (χ1) is 15.3. The van der Waals surface area contributed by atoms with Crippen LogP contribution in [0.5, 0.6) is 0 Å². The number of aryl methyl sites for hydroxylation is 2. The highest BCUT2D eigenvalue weighted by Crippen LogP contribution is 2.16. The number of nitrogens with one attached hydrogen (secondary N) is 1. The second-order valence-corrected chi connectivity index (χ2v) is 8.17. The van der Waals surface area contributed by atoms with Gasteiger partial charge in [-0.2, -0.15) is 10.5 Å². The van der Waals surface area contributed by atoms with Crippen LogP contribution in [-0.2, 0) is 24.3 Å². The van der Waals surface area contributed by atoms with Gasteiger partial charge in [-0.15, -0.1) is 0 Å². The number of fused-ring (bicyclic) bond motifs is 1. The van der Waals surface area contributed by atoms with Crippen LogP contribution in [0.1, 0.15) is 58.7 Å². The molecule has 2 rings (SSSR count). The molecule has 0 radical (unpaired) electrons. The first-order valence-electron chi connectivity index (χ1n) is 11.1. The Morgan fingerprint density at radius 2 is 1.81 bits per heavy atom. The minimum atomic E-state index is -0.480. The summed E-state index contributed by atoms with van der Waals surface area (Å²) in [5, 5.41) is 17.7. The molecule has 0 aliphatic carbocycles. The molecule has 0 aliphatic rings. The Hall–Kier alpha value is -3.40. The molecule has 0 unspecified atom stereocenters. The summed E-state index contributed by atoms with van der Waals surface area (Å²) in [5.41, 5.74) is -0.260. The summed E-state index contributed by atoms with van der Waals surface area (Å²) in [6.07, 6.45) is 2.48. The lowest BCUT2D eigenvalue weighted by Gasteiger charge is -2.20. The number of amides is 1. The number of hydrogen-bond donors (Lipinski definition) is 1. The number of carbonyl (C=O) groups is 1. The Morgan fingerprint density at radius 1 is 1.16 bits per heavy atom. The van der Waals surface area contributed by atoms with Gasteiger partial charge in [-0.05, 0) is 12.3 Å². The lowest BCUT2D eigenvalue weighted by molar-refractivity contribution is -0.131. The fraction of sp³-hybridized carbons (Fsp3) is 0.636. The Labute approximate surface area is 187 Å². The van der Waals surface area contributed by atoms with Crippen LogP contribution in [0.15, 0.2) is 9.59 Å².